The molecule has 0 radical (unpaired) electrons. The van der Waals surface area contributed by atoms with Crippen LogP contribution in [0.4, 0.5) is 11.4 Å². The third kappa shape index (κ3) is 2.55. The van der Waals surface area contributed by atoms with Gasteiger partial charge in [-0.05, 0) is 37.3 Å². The Morgan fingerprint density at radius 1 is 1.16 bits per heavy atom. The Balaban J connectivity index is 1.63. The fourth-order valence-corrected chi connectivity index (χ4v) is 3.15. The number of nitrogens with one attached hydrogen (secondary N) is 1. The Labute approximate surface area is 145 Å². The van der Waals surface area contributed by atoms with Gasteiger partial charge < -0.3 is 10.2 Å². The molecule has 0 saturated carbocycles. The van der Waals surface area contributed by atoms with E-state index in [9.17, 15) is 9.59 Å². The highest BCUT2D eigenvalue weighted by Gasteiger charge is 2.35. The number of nitrogens with zero attached hydrogens (tertiary/aromatic N) is 3. The van der Waals surface area contributed by atoms with Gasteiger partial charge in [0.2, 0.25) is 5.96 Å². The summed E-state index contributed by atoms with van der Waals surface area (Å²) in [6.07, 6.45) is 0. The topological polar surface area (TPSA) is 65.0 Å². The van der Waals surface area contributed by atoms with Crippen molar-refractivity contribution in [3.63, 3.8) is 0 Å². The van der Waals surface area contributed by atoms with Crippen molar-refractivity contribution in [3.8, 4) is 0 Å². The summed E-state index contributed by atoms with van der Waals surface area (Å²) in [7, 11) is 1.72. The molecule has 4 rings (SSSR count). The molecular formula is C19H18N4O2. The lowest BCUT2D eigenvalue weighted by Gasteiger charge is -2.33. The number of hydrogen-bond acceptors (Lipinski definition) is 4. The number of aryl methyl sites for hydroxylation is 1. The van der Waals surface area contributed by atoms with Gasteiger partial charge in [0.25, 0.3) is 11.8 Å². The van der Waals surface area contributed by atoms with Crippen molar-refractivity contribution in [2.24, 2.45) is 4.99 Å². The van der Waals surface area contributed by atoms with Crippen LogP contribution < -0.4 is 10.2 Å². The second kappa shape index (κ2) is 5.73. The number of guanidine groups is 1. The fourth-order valence-electron chi connectivity index (χ4n) is 3.15. The number of carbonyl (C=O) groups is 2. The standard InChI is InChI=1S/C19H18N4O2/c1-12-3-5-13(6-4-12)17(24)21-14-7-8-16-15(11-14)18(25)22(2)19-20-9-10-23(16)19/h3-8,11H,9-10H2,1-2H3,(H,21,24). The summed E-state index contributed by atoms with van der Waals surface area (Å²) in [6, 6.07) is 12.8. The van der Waals surface area contributed by atoms with Crippen LogP contribution in [0.5, 0.6) is 0 Å². The maximum atomic E-state index is 12.6. The molecule has 0 saturated heterocycles. The summed E-state index contributed by atoms with van der Waals surface area (Å²) < 4.78 is 0. The molecule has 2 aromatic rings. The Morgan fingerprint density at radius 3 is 2.68 bits per heavy atom. The Bertz CT molecular complexity index is 902. The lowest BCUT2D eigenvalue weighted by molar-refractivity contribution is 0.0865. The normalized spacial score (nSPS) is 15.6. The van der Waals surface area contributed by atoms with Gasteiger partial charge in [-0.15, -0.1) is 0 Å². The molecule has 126 valence electrons. The first-order valence-electron chi connectivity index (χ1n) is 8.17. The van der Waals surface area contributed by atoms with Crippen LogP contribution in [0.1, 0.15) is 26.3 Å². The average Bonchev–Trinajstić information content (AvgIpc) is 3.10. The first kappa shape index (κ1) is 15.4. The average molecular weight is 334 g/mol. The van der Waals surface area contributed by atoms with Gasteiger partial charge in [0.15, 0.2) is 0 Å². The maximum absolute atomic E-state index is 12.6. The van der Waals surface area contributed by atoms with E-state index in [2.05, 4.69) is 10.3 Å². The molecule has 6 nitrogen and oxygen atoms in total. The van der Waals surface area contributed by atoms with Crippen molar-refractivity contribution in [1.82, 2.24) is 4.90 Å². The van der Waals surface area contributed by atoms with Crippen molar-refractivity contribution in [1.29, 1.82) is 0 Å². The highest BCUT2D eigenvalue weighted by atomic mass is 16.2. The number of benzene rings is 2. The summed E-state index contributed by atoms with van der Waals surface area (Å²) in [5, 5.41) is 2.86. The van der Waals surface area contributed by atoms with Crippen LogP contribution in [-0.4, -0.2) is 42.8 Å². The molecule has 0 atom stereocenters. The van der Waals surface area contributed by atoms with Crippen LogP contribution >= 0.6 is 0 Å². The summed E-state index contributed by atoms with van der Waals surface area (Å²) in [5.74, 6) is 0.382. The van der Waals surface area contributed by atoms with Crippen molar-refractivity contribution in [3.05, 3.63) is 59.2 Å². The predicted octanol–water partition coefficient (Wildman–Crippen LogP) is 2.51. The van der Waals surface area contributed by atoms with Crippen LogP contribution in [0.3, 0.4) is 0 Å². The Morgan fingerprint density at radius 2 is 1.92 bits per heavy atom. The van der Waals surface area contributed by atoms with Gasteiger partial charge in [-0.25, -0.2) is 0 Å². The van der Waals surface area contributed by atoms with Crippen LogP contribution in [0, 0.1) is 6.92 Å². The predicted molar refractivity (Wildman–Crippen MR) is 97.3 cm³/mol. The molecule has 2 aliphatic heterocycles. The molecule has 2 amide bonds. The van der Waals surface area contributed by atoms with Gasteiger partial charge in [0.1, 0.15) is 0 Å². The monoisotopic (exact) mass is 334 g/mol. The number of amides is 2. The van der Waals surface area contributed by atoms with Crippen LogP contribution in [0.2, 0.25) is 0 Å². The number of rotatable bonds is 2. The molecule has 0 unspecified atom stereocenters. The maximum Gasteiger partial charge on any atom is 0.262 e. The van der Waals surface area contributed by atoms with E-state index >= 15 is 0 Å². The van der Waals surface area contributed by atoms with Gasteiger partial charge in [0.05, 0.1) is 17.8 Å². The molecule has 1 N–H and O–H groups in total. The summed E-state index contributed by atoms with van der Waals surface area (Å²) in [6.45, 7) is 3.41. The number of aliphatic imine (C=N–C) groups is 1. The van der Waals surface area contributed by atoms with E-state index in [0.29, 0.717) is 29.3 Å². The number of fused-ring (bicyclic) bond motifs is 3. The zero-order valence-corrected chi connectivity index (χ0v) is 14.1. The van der Waals surface area contributed by atoms with Crippen LogP contribution in [-0.2, 0) is 0 Å². The Hall–Kier alpha value is -3.15. The van der Waals surface area contributed by atoms with E-state index in [1.165, 1.54) is 0 Å². The zero-order chi connectivity index (χ0) is 17.6. The smallest absolute Gasteiger partial charge is 0.262 e. The second-order valence-corrected chi connectivity index (χ2v) is 6.25. The molecule has 0 aliphatic carbocycles. The van der Waals surface area contributed by atoms with Crippen LogP contribution in [0.15, 0.2) is 47.5 Å². The van der Waals surface area contributed by atoms with Gasteiger partial charge in [0, 0.05) is 24.8 Å². The van der Waals surface area contributed by atoms with Gasteiger partial charge in [-0.1, -0.05) is 17.7 Å². The van der Waals surface area contributed by atoms with Gasteiger partial charge in [-0.3, -0.25) is 19.5 Å². The van der Waals surface area contributed by atoms with E-state index in [4.69, 9.17) is 0 Å². The van der Waals surface area contributed by atoms with E-state index in [1.54, 1.807) is 30.1 Å². The lowest BCUT2D eigenvalue weighted by atomic mass is 10.1. The minimum Gasteiger partial charge on any atom is -0.322 e. The molecule has 25 heavy (non-hydrogen) atoms. The fraction of sp³-hybridized carbons (Fsp3) is 0.211. The van der Waals surface area contributed by atoms with Crippen molar-refractivity contribution >= 4 is 29.1 Å². The minimum absolute atomic E-state index is 0.113. The molecule has 2 aliphatic rings. The third-order valence-electron chi connectivity index (χ3n) is 4.51. The number of carbonyl (C=O) groups excluding carboxylic acids is 2. The summed E-state index contributed by atoms with van der Waals surface area (Å²) in [4.78, 5) is 33.0. The highest BCUT2D eigenvalue weighted by molar-refractivity contribution is 6.19. The Kier molecular flexibility index (Phi) is 3.53. The number of anilines is 2. The third-order valence-corrected chi connectivity index (χ3v) is 4.51. The zero-order valence-electron chi connectivity index (χ0n) is 14.1. The van der Waals surface area contributed by atoms with E-state index in [-0.39, 0.29) is 11.8 Å². The SMILES string of the molecule is Cc1ccc(C(=O)Nc2ccc3c(c2)C(=O)N(C)C2=NCCN23)cc1. The first-order chi connectivity index (χ1) is 12.0. The van der Waals surface area contributed by atoms with E-state index < -0.39 is 0 Å². The van der Waals surface area contributed by atoms with Gasteiger partial charge in [-0.2, -0.15) is 0 Å². The molecule has 0 spiro atoms. The molecule has 0 aromatic heterocycles. The van der Waals surface area contributed by atoms with E-state index in [1.807, 2.05) is 36.1 Å². The molecule has 0 fully saturated rings. The molecule has 2 heterocycles. The largest absolute Gasteiger partial charge is 0.322 e. The second-order valence-electron chi connectivity index (χ2n) is 6.25. The number of hydrogen-bond donors (Lipinski definition) is 1. The first-order valence-corrected chi connectivity index (χ1v) is 8.17. The highest BCUT2D eigenvalue weighted by Crippen LogP contribution is 2.32. The quantitative estimate of drug-likeness (QED) is 0.918. The lowest BCUT2D eigenvalue weighted by Crippen LogP contribution is -2.48. The summed E-state index contributed by atoms with van der Waals surface area (Å²) in [5.41, 5.74) is 3.70. The molecular weight excluding hydrogens is 316 g/mol. The minimum atomic E-state index is -0.194. The summed E-state index contributed by atoms with van der Waals surface area (Å²) >= 11 is 0. The van der Waals surface area contributed by atoms with Crippen molar-refractivity contribution in [2.75, 3.05) is 30.4 Å². The van der Waals surface area contributed by atoms with Crippen molar-refractivity contribution < 1.29 is 9.59 Å². The molecule has 2 aromatic carbocycles. The van der Waals surface area contributed by atoms with Gasteiger partial charge >= 0.3 is 0 Å². The van der Waals surface area contributed by atoms with Crippen molar-refractivity contribution in [2.45, 2.75) is 6.92 Å². The van der Waals surface area contributed by atoms with E-state index in [0.717, 1.165) is 17.8 Å². The van der Waals surface area contributed by atoms with Crippen LogP contribution in [0.25, 0.3) is 0 Å². The molecule has 0 bridgehead atoms. The molecule has 6 heteroatoms.